The number of nitrogens with one attached hydrogen (secondary N) is 1. The first kappa shape index (κ1) is 19.2. The van der Waals surface area contributed by atoms with Gasteiger partial charge in [0.2, 0.25) is 0 Å². The van der Waals surface area contributed by atoms with E-state index in [2.05, 4.69) is 47.2 Å². The third kappa shape index (κ3) is 6.35. The Hall–Kier alpha value is -2.14. The second-order valence-electron chi connectivity index (χ2n) is 6.72. The Morgan fingerprint density at radius 3 is 2.56 bits per heavy atom. The second kappa shape index (κ2) is 8.81. The standard InChI is InChI=1S/C20H23BrN2O2/c1-20(2,3)16-9-10-18(17(21)13-16)25-14-19(24)23-22-12-11-15-7-5-4-6-8-15/h4-10,12-13H,11,14H2,1-3H3,(H,23,24)/b22-12+. The van der Waals surface area contributed by atoms with Gasteiger partial charge in [0.25, 0.3) is 5.91 Å². The molecule has 0 fully saturated rings. The van der Waals surface area contributed by atoms with Crippen molar-refractivity contribution in [3.8, 4) is 5.75 Å². The van der Waals surface area contributed by atoms with E-state index in [4.69, 9.17) is 4.74 Å². The van der Waals surface area contributed by atoms with Crippen LogP contribution in [-0.2, 0) is 16.6 Å². The number of carbonyl (C=O) groups is 1. The summed E-state index contributed by atoms with van der Waals surface area (Å²) in [6.45, 7) is 6.36. The van der Waals surface area contributed by atoms with Gasteiger partial charge < -0.3 is 4.74 Å². The molecule has 5 heteroatoms. The Morgan fingerprint density at radius 1 is 1.20 bits per heavy atom. The summed E-state index contributed by atoms with van der Waals surface area (Å²) in [6.07, 6.45) is 2.34. The number of benzene rings is 2. The number of carbonyl (C=O) groups excluding carboxylic acids is 1. The fraction of sp³-hybridized carbons (Fsp3) is 0.300. The lowest BCUT2D eigenvalue weighted by Gasteiger charge is -2.20. The highest BCUT2D eigenvalue weighted by molar-refractivity contribution is 9.10. The highest BCUT2D eigenvalue weighted by Gasteiger charge is 2.15. The highest BCUT2D eigenvalue weighted by Crippen LogP contribution is 2.31. The summed E-state index contributed by atoms with van der Waals surface area (Å²) in [4.78, 5) is 11.8. The van der Waals surface area contributed by atoms with Gasteiger partial charge in [0.15, 0.2) is 6.61 Å². The Kier molecular flexibility index (Phi) is 6.76. The number of halogens is 1. The zero-order valence-corrected chi connectivity index (χ0v) is 16.3. The van der Waals surface area contributed by atoms with Gasteiger partial charge >= 0.3 is 0 Å². The van der Waals surface area contributed by atoms with E-state index < -0.39 is 0 Å². The highest BCUT2D eigenvalue weighted by atomic mass is 79.9. The van der Waals surface area contributed by atoms with Crippen molar-refractivity contribution in [3.05, 3.63) is 64.1 Å². The van der Waals surface area contributed by atoms with Gasteiger partial charge in [-0.05, 0) is 44.6 Å². The zero-order chi connectivity index (χ0) is 18.3. The Balaban J connectivity index is 1.80. The summed E-state index contributed by atoms with van der Waals surface area (Å²) in [6, 6.07) is 15.8. The first-order valence-corrected chi connectivity index (χ1v) is 8.92. The van der Waals surface area contributed by atoms with Crippen molar-refractivity contribution < 1.29 is 9.53 Å². The van der Waals surface area contributed by atoms with Crippen molar-refractivity contribution in [2.24, 2.45) is 5.10 Å². The maximum atomic E-state index is 11.8. The van der Waals surface area contributed by atoms with Crippen LogP contribution >= 0.6 is 15.9 Å². The van der Waals surface area contributed by atoms with Crippen molar-refractivity contribution in [2.75, 3.05) is 6.61 Å². The van der Waals surface area contributed by atoms with Crippen LogP contribution < -0.4 is 10.2 Å². The van der Waals surface area contributed by atoms with Crippen LogP contribution in [0.15, 0.2) is 58.1 Å². The third-order valence-electron chi connectivity index (χ3n) is 3.61. The van der Waals surface area contributed by atoms with Crippen LogP contribution in [0, 0.1) is 0 Å². The van der Waals surface area contributed by atoms with E-state index >= 15 is 0 Å². The van der Waals surface area contributed by atoms with E-state index in [1.54, 1.807) is 6.21 Å². The SMILES string of the molecule is CC(C)(C)c1ccc(OCC(=O)N/N=C/Cc2ccccc2)c(Br)c1. The van der Waals surface area contributed by atoms with Gasteiger partial charge in [-0.25, -0.2) is 5.43 Å². The van der Waals surface area contributed by atoms with Gasteiger partial charge in [-0.2, -0.15) is 5.10 Å². The summed E-state index contributed by atoms with van der Waals surface area (Å²) in [5, 5.41) is 3.93. The van der Waals surface area contributed by atoms with Gasteiger partial charge in [0, 0.05) is 12.6 Å². The molecule has 25 heavy (non-hydrogen) atoms. The maximum absolute atomic E-state index is 11.8. The summed E-state index contributed by atoms with van der Waals surface area (Å²) in [5.74, 6) is 0.340. The summed E-state index contributed by atoms with van der Waals surface area (Å²) in [5.41, 5.74) is 4.86. The quantitative estimate of drug-likeness (QED) is 0.572. The Bertz CT molecular complexity index is 737. The summed E-state index contributed by atoms with van der Waals surface area (Å²) in [7, 11) is 0. The van der Waals surface area contributed by atoms with Crippen LogP contribution in [0.4, 0.5) is 0 Å². The van der Waals surface area contributed by atoms with Crippen LogP contribution in [-0.4, -0.2) is 18.7 Å². The number of hydrazone groups is 1. The van der Waals surface area contributed by atoms with Crippen molar-refractivity contribution in [1.82, 2.24) is 5.43 Å². The van der Waals surface area contributed by atoms with E-state index in [1.807, 2.05) is 48.5 Å². The van der Waals surface area contributed by atoms with Gasteiger partial charge in [0.05, 0.1) is 4.47 Å². The van der Waals surface area contributed by atoms with Crippen LogP contribution in [0.5, 0.6) is 5.75 Å². The smallest absolute Gasteiger partial charge is 0.277 e. The minimum absolute atomic E-state index is 0.0614. The zero-order valence-electron chi connectivity index (χ0n) is 14.8. The number of amides is 1. The molecule has 0 saturated heterocycles. The van der Waals surface area contributed by atoms with Crippen molar-refractivity contribution in [3.63, 3.8) is 0 Å². The Labute approximate surface area is 157 Å². The molecule has 0 unspecified atom stereocenters. The third-order valence-corrected chi connectivity index (χ3v) is 4.23. The molecule has 0 atom stereocenters. The largest absolute Gasteiger partial charge is 0.483 e. The minimum atomic E-state index is -0.295. The number of ether oxygens (including phenoxy) is 1. The average Bonchev–Trinajstić information content (AvgIpc) is 2.57. The molecule has 0 heterocycles. The lowest BCUT2D eigenvalue weighted by molar-refractivity contribution is -0.123. The molecular formula is C20H23BrN2O2. The molecule has 0 saturated carbocycles. The number of hydrogen-bond donors (Lipinski definition) is 1. The molecule has 2 aromatic carbocycles. The molecule has 0 aliphatic heterocycles. The fourth-order valence-corrected chi connectivity index (χ4v) is 2.64. The normalized spacial score (nSPS) is 11.5. The molecule has 2 rings (SSSR count). The maximum Gasteiger partial charge on any atom is 0.277 e. The topological polar surface area (TPSA) is 50.7 Å². The van der Waals surface area contributed by atoms with E-state index in [9.17, 15) is 4.79 Å². The molecule has 0 aliphatic rings. The van der Waals surface area contributed by atoms with Gasteiger partial charge in [-0.1, -0.05) is 57.2 Å². The lowest BCUT2D eigenvalue weighted by Crippen LogP contribution is -2.24. The fourth-order valence-electron chi connectivity index (χ4n) is 2.14. The van der Waals surface area contributed by atoms with Gasteiger partial charge in [0.1, 0.15) is 5.75 Å². The van der Waals surface area contributed by atoms with E-state index in [0.717, 1.165) is 10.0 Å². The molecule has 0 aliphatic carbocycles. The molecule has 0 bridgehead atoms. The van der Waals surface area contributed by atoms with Crippen molar-refractivity contribution in [2.45, 2.75) is 32.6 Å². The summed E-state index contributed by atoms with van der Waals surface area (Å²) >= 11 is 3.49. The first-order valence-electron chi connectivity index (χ1n) is 8.13. The Morgan fingerprint density at radius 2 is 1.92 bits per heavy atom. The molecule has 132 valence electrons. The molecule has 4 nitrogen and oxygen atoms in total. The number of nitrogens with zero attached hydrogens (tertiary/aromatic N) is 1. The summed E-state index contributed by atoms with van der Waals surface area (Å²) < 4.78 is 6.38. The van der Waals surface area contributed by atoms with Gasteiger partial charge in [-0.15, -0.1) is 0 Å². The lowest BCUT2D eigenvalue weighted by atomic mass is 9.87. The van der Waals surface area contributed by atoms with E-state index in [0.29, 0.717) is 12.2 Å². The minimum Gasteiger partial charge on any atom is -0.483 e. The molecule has 0 spiro atoms. The molecule has 0 aromatic heterocycles. The van der Waals surface area contributed by atoms with Crippen LogP contribution in [0.2, 0.25) is 0 Å². The van der Waals surface area contributed by atoms with Crippen molar-refractivity contribution >= 4 is 28.1 Å². The van der Waals surface area contributed by atoms with Crippen LogP contribution in [0.25, 0.3) is 0 Å². The van der Waals surface area contributed by atoms with Crippen LogP contribution in [0.1, 0.15) is 31.9 Å². The predicted molar refractivity (Wildman–Crippen MR) is 105 cm³/mol. The van der Waals surface area contributed by atoms with E-state index in [1.165, 1.54) is 5.56 Å². The number of hydrogen-bond acceptors (Lipinski definition) is 3. The molecule has 1 N–H and O–H groups in total. The molecule has 2 aromatic rings. The second-order valence-corrected chi connectivity index (χ2v) is 7.57. The average molecular weight is 403 g/mol. The predicted octanol–water partition coefficient (Wildman–Crippen LogP) is 4.47. The molecular weight excluding hydrogens is 380 g/mol. The number of rotatable bonds is 6. The monoisotopic (exact) mass is 402 g/mol. The van der Waals surface area contributed by atoms with E-state index in [-0.39, 0.29) is 17.9 Å². The van der Waals surface area contributed by atoms with Gasteiger partial charge in [-0.3, -0.25) is 4.79 Å². The van der Waals surface area contributed by atoms with Crippen LogP contribution in [0.3, 0.4) is 0 Å². The molecule has 1 amide bonds. The first-order chi connectivity index (χ1) is 11.9. The van der Waals surface area contributed by atoms with Crippen molar-refractivity contribution in [1.29, 1.82) is 0 Å². The molecule has 0 radical (unpaired) electrons.